The second-order valence-electron chi connectivity index (χ2n) is 5.37. The molecule has 1 heterocycles. The number of para-hydroxylation sites is 1. The van der Waals surface area contributed by atoms with Crippen LogP contribution in [0.15, 0.2) is 41.4 Å². The molecule has 6 nitrogen and oxygen atoms in total. The predicted molar refractivity (Wildman–Crippen MR) is 94.6 cm³/mol. The fourth-order valence-corrected chi connectivity index (χ4v) is 3.58. The first-order valence-corrected chi connectivity index (χ1v) is 8.54. The van der Waals surface area contributed by atoms with Crippen LogP contribution in [0.5, 0.6) is 5.75 Å². The molecule has 0 spiro atoms. The Hall–Kier alpha value is -3.07. The van der Waals surface area contributed by atoms with E-state index in [1.165, 1.54) is 18.8 Å². The minimum atomic E-state index is -1.09. The predicted octanol–water partition coefficient (Wildman–Crippen LogP) is 2.90. The van der Waals surface area contributed by atoms with Crippen molar-refractivity contribution in [1.29, 1.82) is 0 Å². The second-order valence-corrected chi connectivity index (χ2v) is 6.38. The number of amides is 1. The molecule has 0 aliphatic heterocycles. The van der Waals surface area contributed by atoms with E-state index in [0.29, 0.717) is 16.0 Å². The summed E-state index contributed by atoms with van der Waals surface area (Å²) in [5.74, 6) is -3.23. The summed E-state index contributed by atoms with van der Waals surface area (Å²) >= 11 is 1.08. The van der Waals surface area contributed by atoms with Crippen LogP contribution in [-0.2, 0) is 16.1 Å². The van der Waals surface area contributed by atoms with Gasteiger partial charge in [-0.05, 0) is 24.3 Å². The number of hydrogen-bond donors (Lipinski definition) is 0. The molecule has 0 atom stereocenters. The number of rotatable bonds is 4. The molecule has 0 saturated carbocycles. The molecular weight excluding hydrogens is 378 g/mol. The normalized spacial score (nSPS) is 11.6. The number of carbonyl (C=O) groups excluding carboxylic acids is 2. The van der Waals surface area contributed by atoms with Gasteiger partial charge < -0.3 is 14.0 Å². The lowest BCUT2D eigenvalue weighted by molar-refractivity contribution is -0.141. The number of nitrogens with zero attached hydrogens (tertiary/aromatic N) is 2. The van der Waals surface area contributed by atoms with E-state index in [2.05, 4.69) is 9.73 Å². The average Bonchev–Trinajstić information content (AvgIpc) is 2.98. The number of halogens is 2. The Morgan fingerprint density at radius 2 is 1.78 bits per heavy atom. The van der Waals surface area contributed by atoms with Crippen LogP contribution in [-0.4, -0.2) is 30.7 Å². The molecule has 27 heavy (non-hydrogen) atoms. The van der Waals surface area contributed by atoms with Crippen molar-refractivity contribution in [1.82, 2.24) is 4.57 Å². The van der Waals surface area contributed by atoms with Gasteiger partial charge in [-0.1, -0.05) is 23.5 Å². The molecule has 0 aliphatic carbocycles. The van der Waals surface area contributed by atoms with Gasteiger partial charge in [-0.3, -0.25) is 9.59 Å². The molecule has 1 aromatic heterocycles. The van der Waals surface area contributed by atoms with Crippen molar-refractivity contribution in [3.63, 3.8) is 0 Å². The van der Waals surface area contributed by atoms with E-state index in [4.69, 9.17) is 4.74 Å². The highest BCUT2D eigenvalue weighted by Crippen LogP contribution is 2.27. The maximum absolute atomic E-state index is 13.9. The standard InChI is InChI=1S/C18H14F2N2O4S/c1-25-12-7-4-8-13-16(12)22(9-14(23)26-2)18(27-13)21-17(24)15-10(19)5-3-6-11(15)20/h3-8H,9H2,1-2H3. The minimum Gasteiger partial charge on any atom is -0.495 e. The molecule has 0 bridgehead atoms. The van der Waals surface area contributed by atoms with E-state index in [-0.39, 0.29) is 11.3 Å². The molecule has 2 aromatic carbocycles. The van der Waals surface area contributed by atoms with Crippen molar-refractivity contribution in [3.05, 3.63) is 58.4 Å². The van der Waals surface area contributed by atoms with Gasteiger partial charge in [0.05, 0.1) is 18.9 Å². The van der Waals surface area contributed by atoms with Gasteiger partial charge in [0.25, 0.3) is 5.91 Å². The number of thiazole rings is 1. The molecular formula is C18H14F2N2O4S. The number of esters is 1. The molecule has 0 aliphatic rings. The summed E-state index contributed by atoms with van der Waals surface area (Å²) in [7, 11) is 2.69. The monoisotopic (exact) mass is 392 g/mol. The summed E-state index contributed by atoms with van der Waals surface area (Å²) in [4.78, 5) is 28.1. The van der Waals surface area contributed by atoms with Crippen LogP contribution >= 0.6 is 11.3 Å². The Morgan fingerprint density at radius 3 is 2.41 bits per heavy atom. The van der Waals surface area contributed by atoms with E-state index in [9.17, 15) is 18.4 Å². The van der Waals surface area contributed by atoms with Gasteiger partial charge in [0, 0.05) is 0 Å². The van der Waals surface area contributed by atoms with Crippen LogP contribution in [0.4, 0.5) is 8.78 Å². The Balaban J connectivity index is 2.24. The van der Waals surface area contributed by atoms with E-state index in [1.54, 1.807) is 18.2 Å². The third-order valence-corrected chi connectivity index (χ3v) is 4.82. The van der Waals surface area contributed by atoms with Gasteiger partial charge in [0.1, 0.15) is 35.0 Å². The Morgan fingerprint density at radius 1 is 1.11 bits per heavy atom. The Bertz CT molecular complexity index is 1080. The van der Waals surface area contributed by atoms with Gasteiger partial charge in [-0.25, -0.2) is 8.78 Å². The fraction of sp³-hybridized carbons (Fsp3) is 0.167. The van der Waals surface area contributed by atoms with Gasteiger partial charge in [-0.15, -0.1) is 0 Å². The molecule has 0 radical (unpaired) electrons. The van der Waals surface area contributed by atoms with Crippen molar-refractivity contribution >= 4 is 33.4 Å². The van der Waals surface area contributed by atoms with Crippen LogP contribution in [0.2, 0.25) is 0 Å². The first kappa shape index (κ1) is 18.7. The summed E-state index contributed by atoms with van der Waals surface area (Å²) in [6, 6.07) is 8.28. The summed E-state index contributed by atoms with van der Waals surface area (Å²) in [6.07, 6.45) is 0. The zero-order chi connectivity index (χ0) is 19.6. The van der Waals surface area contributed by atoms with Crippen molar-refractivity contribution in [2.24, 2.45) is 4.99 Å². The van der Waals surface area contributed by atoms with E-state index in [0.717, 1.165) is 29.5 Å². The number of benzene rings is 2. The number of hydrogen-bond acceptors (Lipinski definition) is 5. The minimum absolute atomic E-state index is 0.0903. The van der Waals surface area contributed by atoms with Crippen molar-refractivity contribution < 1.29 is 27.8 Å². The van der Waals surface area contributed by atoms with Crippen LogP contribution < -0.4 is 9.54 Å². The second kappa shape index (κ2) is 7.67. The molecule has 0 unspecified atom stereocenters. The molecule has 9 heteroatoms. The molecule has 1 amide bonds. The van der Waals surface area contributed by atoms with Gasteiger partial charge in [0.15, 0.2) is 4.80 Å². The lowest BCUT2D eigenvalue weighted by Crippen LogP contribution is -2.23. The van der Waals surface area contributed by atoms with Gasteiger partial charge >= 0.3 is 5.97 Å². The van der Waals surface area contributed by atoms with E-state index >= 15 is 0 Å². The zero-order valence-electron chi connectivity index (χ0n) is 14.4. The van der Waals surface area contributed by atoms with Crippen LogP contribution in [0, 0.1) is 11.6 Å². The lowest BCUT2D eigenvalue weighted by atomic mass is 10.2. The SMILES string of the molecule is COC(=O)Cn1c(=NC(=O)c2c(F)cccc2F)sc2cccc(OC)c21. The summed E-state index contributed by atoms with van der Waals surface area (Å²) in [5.41, 5.74) is -0.234. The lowest BCUT2D eigenvalue weighted by Gasteiger charge is -2.07. The zero-order valence-corrected chi connectivity index (χ0v) is 15.2. The fourth-order valence-electron chi connectivity index (χ4n) is 2.53. The van der Waals surface area contributed by atoms with E-state index in [1.807, 2.05) is 0 Å². The third kappa shape index (κ3) is 3.59. The van der Waals surface area contributed by atoms with Crippen molar-refractivity contribution in [2.75, 3.05) is 14.2 Å². The summed E-state index contributed by atoms with van der Waals surface area (Å²) in [6.45, 7) is -0.247. The average molecular weight is 392 g/mol. The maximum atomic E-state index is 13.9. The number of aromatic nitrogens is 1. The summed E-state index contributed by atoms with van der Waals surface area (Å²) in [5, 5.41) is 0. The first-order valence-electron chi connectivity index (χ1n) is 7.72. The van der Waals surface area contributed by atoms with Crippen LogP contribution in [0.1, 0.15) is 10.4 Å². The smallest absolute Gasteiger partial charge is 0.325 e. The number of carbonyl (C=O) groups is 2. The van der Waals surface area contributed by atoms with Crippen molar-refractivity contribution in [3.8, 4) is 5.75 Å². The summed E-state index contributed by atoms with van der Waals surface area (Å²) < 4.78 is 39.8. The number of fused-ring (bicyclic) bond motifs is 1. The molecule has 140 valence electrons. The van der Waals surface area contributed by atoms with E-state index < -0.39 is 29.1 Å². The van der Waals surface area contributed by atoms with Crippen molar-refractivity contribution in [2.45, 2.75) is 6.54 Å². The molecule has 0 saturated heterocycles. The maximum Gasteiger partial charge on any atom is 0.325 e. The highest BCUT2D eigenvalue weighted by molar-refractivity contribution is 7.16. The topological polar surface area (TPSA) is 69.9 Å². The van der Waals surface area contributed by atoms with Gasteiger partial charge in [-0.2, -0.15) is 4.99 Å². The highest BCUT2D eigenvalue weighted by atomic mass is 32.1. The Labute approximate surface area is 156 Å². The molecule has 0 N–H and O–H groups in total. The number of methoxy groups -OCH3 is 2. The molecule has 0 fully saturated rings. The van der Waals surface area contributed by atoms with Crippen LogP contribution in [0.3, 0.4) is 0 Å². The number of ether oxygens (including phenoxy) is 2. The first-order chi connectivity index (χ1) is 13.0. The quantitative estimate of drug-likeness (QED) is 0.640. The Kier molecular flexibility index (Phi) is 5.31. The molecule has 3 rings (SSSR count). The third-order valence-electron chi connectivity index (χ3n) is 3.77. The van der Waals surface area contributed by atoms with Gasteiger partial charge in [0.2, 0.25) is 0 Å². The van der Waals surface area contributed by atoms with Crippen LogP contribution in [0.25, 0.3) is 10.2 Å². The molecule has 3 aromatic rings. The largest absolute Gasteiger partial charge is 0.495 e. The highest BCUT2D eigenvalue weighted by Gasteiger charge is 2.19.